The van der Waals surface area contributed by atoms with Gasteiger partial charge in [-0.25, -0.2) is 0 Å². The minimum atomic E-state index is 0.479. The summed E-state index contributed by atoms with van der Waals surface area (Å²) in [7, 11) is 0. The van der Waals surface area contributed by atoms with E-state index in [0.717, 1.165) is 11.2 Å². The Hall–Kier alpha value is 0.960. The van der Waals surface area contributed by atoms with E-state index in [1.54, 1.807) is 0 Å². The summed E-state index contributed by atoms with van der Waals surface area (Å²) >= 11 is 7.03. The molecule has 0 spiro atoms. The fraction of sp³-hybridized carbons (Fsp3) is 1.00. The van der Waals surface area contributed by atoms with Gasteiger partial charge in [0.25, 0.3) is 0 Å². The molecule has 0 aromatic rings. The molecule has 1 aliphatic rings. The summed E-state index contributed by atoms with van der Waals surface area (Å²) in [5.41, 5.74) is 0. The van der Waals surface area contributed by atoms with Crippen LogP contribution >= 0.6 is 31.9 Å². The predicted octanol–water partition coefficient (Wildman–Crippen LogP) is 2.55. The summed E-state index contributed by atoms with van der Waals surface area (Å²) in [5, 5.41) is 1.10. The topological polar surface area (TPSA) is 0 Å². The highest BCUT2D eigenvalue weighted by atomic mass is 79.9. The summed E-state index contributed by atoms with van der Waals surface area (Å²) in [5.74, 6) is 0.881. The Labute approximate surface area is 60.9 Å². The summed E-state index contributed by atoms with van der Waals surface area (Å²) in [4.78, 5) is 0. The lowest BCUT2D eigenvalue weighted by Crippen LogP contribution is -1.99. The van der Waals surface area contributed by atoms with Crippen LogP contribution in [0.4, 0.5) is 0 Å². The molecule has 2 atom stereocenters. The van der Waals surface area contributed by atoms with Gasteiger partial charge in [0.2, 0.25) is 0 Å². The van der Waals surface area contributed by atoms with E-state index in [9.17, 15) is 0 Å². The zero-order valence-electron chi connectivity index (χ0n) is 4.25. The van der Waals surface area contributed by atoms with E-state index >= 15 is 0 Å². The third-order valence-electron chi connectivity index (χ3n) is 1.59. The standard InChI is InChI=1S/C5H8Br2/c1-4-2-5(4,7)3-6/h4H,2-3H2,1H3. The monoisotopic (exact) mass is 226 g/mol. The van der Waals surface area contributed by atoms with Gasteiger partial charge in [0.1, 0.15) is 0 Å². The fourth-order valence-corrected chi connectivity index (χ4v) is 1.90. The van der Waals surface area contributed by atoms with Crippen LogP contribution in [0, 0.1) is 5.92 Å². The largest absolute Gasteiger partial charge is 0.0913 e. The number of hydrogen-bond donors (Lipinski definition) is 0. The van der Waals surface area contributed by atoms with Crippen LogP contribution in [-0.2, 0) is 0 Å². The Morgan fingerprint density at radius 1 is 1.86 bits per heavy atom. The molecule has 0 saturated heterocycles. The second kappa shape index (κ2) is 1.73. The molecule has 0 aromatic carbocycles. The highest BCUT2D eigenvalue weighted by Gasteiger charge is 2.47. The molecule has 42 valence electrons. The Balaban J connectivity index is 2.36. The van der Waals surface area contributed by atoms with Crippen molar-refractivity contribution in [3.8, 4) is 0 Å². The van der Waals surface area contributed by atoms with Crippen LogP contribution in [0.1, 0.15) is 13.3 Å². The van der Waals surface area contributed by atoms with Crippen molar-refractivity contribution in [1.29, 1.82) is 0 Å². The van der Waals surface area contributed by atoms with Gasteiger partial charge in [-0.3, -0.25) is 0 Å². The molecule has 0 nitrogen and oxygen atoms in total. The van der Waals surface area contributed by atoms with E-state index in [0.29, 0.717) is 4.32 Å². The number of hydrogen-bond acceptors (Lipinski definition) is 0. The van der Waals surface area contributed by atoms with Crippen molar-refractivity contribution < 1.29 is 0 Å². The van der Waals surface area contributed by atoms with Gasteiger partial charge < -0.3 is 0 Å². The summed E-state index contributed by atoms with van der Waals surface area (Å²) < 4.78 is 0.479. The first-order valence-electron chi connectivity index (χ1n) is 2.44. The van der Waals surface area contributed by atoms with Crippen LogP contribution < -0.4 is 0 Å². The number of alkyl halides is 2. The van der Waals surface area contributed by atoms with Gasteiger partial charge >= 0.3 is 0 Å². The Morgan fingerprint density at radius 2 is 2.29 bits per heavy atom. The van der Waals surface area contributed by atoms with Crippen LogP contribution in [0.2, 0.25) is 0 Å². The van der Waals surface area contributed by atoms with Crippen LogP contribution in [0.3, 0.4) is 0 Å². The van der Waals surface area contributed by atoms with Crippen molar-refractivity contribution in [1.82, 2.24) is 0 Å². The first-order chi connectivity index (χ1) is 3.19. The van der Waals surface area contributed by atoms with Gasteiger partial charge in [-0.1, -0.05) is 38.8 Å². The molecule has 1 saturated carbocycles. The molecule has 2 heteroatoms. The summed E-state index contributed by atoms with van der Waals surface area (Å²) in [6.07, 6.45) is 1.33. The van der Waals surface area contributed by atoms with Crippen molar-refractivity contribution in [2.45, 2.75) is 17.7 Å². The zero-order valence-corrected chi connectivity index (χ0v) is 7.42. The molecule has 0 aromatic heterocycles. The zero-order chi connectivity index (χ0) is 5.49. The molecule has 1 rings (SSSR count). The molecular weight excluding hydrogens is 220 g/mol. The molecule has 0 aliphatic heterocycles. The first-order valence-corrected chi connectivity index (χ1v) is 4.35. The van der Waals surface area contributed by atoms with Crippen molar-refractivity contribution in [2.75, 3.05) is 5.33 Å². The molecule has 2 unspecified atom stereocenters. The lowest BCUT2D eigenvalue weighted by molar-refractivity contribution is 0.903. The highest BCUT2D eigenvalue weighted by Crippen LogP contribution is 2.51. The Bertz CT molecular complexity index is 78.1. The maximum absolute atomic E-state index is 3.61. The maximum Gasteiger partial charge on any atom is 0.0383 e. The average Bonchev–Trinajstić information content (AvgIpc) is 2.18. The molecule has 0 heterocycles. The van der Waals surface area contributed by atoms with Gasteiger partial charge in [-0.05, 0) is 12.3 Å². The second-order valence-electron chi connectivity index (χ2n) is 2.27. The number of halogens is 2. The maximum atomic E-state index is 3.61. The van der Waals surface area contributed by atoms with Crippen molar-refractivity contribution in [3.63, 3.8) is 0 Å². The molecule has 1 aliphatic carbocycles. The van der Waals surface area contributed by atoms with E-state index in [1.807, 2.05) is 0 Å². The van der Waals surface area contributed by atoms with E-state index in [2.05, 4.69) is 38.8 Å². The van der Waals surface area contributed by atoms with Crippen LogP contribution in [0.25, 0.3) is 0 Å². The van der Waals surface area contributed by atoms with Crippen molar-refractivity contribution in [3.05, 3.63) is 0 Å². The Kier molecular flexibility index (Phi) is 1.50. The van der Waals surface area contributed by atoms with E-state index < -0.39 is 0 Å². The van der Waals surface area contributed by atoms with Gasteiger partial charge in [-0.15, -0.1) is 0 Å². The van der Waals surface area contributed by atoms with Gasteiger partial charge in [0, 0.05) is 9.65 Å². The van der Waals surface area contributed by atoms with Crippen LogP contribution in [0.5, 0.6) is 0 Å². The van der Waals surface area contributed by atoms with Crippen LogP contribution in [-0.4, -0.2) is 9.65 Å². The SMILES string of the molecule is CC1CC1(Br)CBr. The smallest absolute Gasteiger partial charge is 0.0383 e. The highest BCUT2D eigenvalue weighted by molar-refractivity contribution is 9.12. The normalized spacial score (nSPS) is 49.3. The first kappa shape index (κ1) is 6.09. The second-order valence-corrected chi connectivity index (χ2v) is 4.41. The quantitative estimate of drug-likeness (QED) is 0.605. The summed E-state index contributed by atoms with van der Waals surface area (Å²) in [6.45, 7) is 2.26. The van der Waals surface area contributed by atoms with Gasteiger partial charge in [0.05, 0.1) is 0 Å². The molecular formula is C5H8Br2. The van der Waals surface area contributed by atoms with E-state index in [-0.39, 0.29) is 0 Å². The lowest BCUT2D eigenvalue weighted by atomic mass is 10.4. The minimum absolute atomic E-state index is 0.479. The van der Waals surface area contributed by atoms with Crippen LogP contribution in [0.15, 0.2) is 0 Å². The van der Waals surface area contributed by atoms with E-state index in [1.165, 1.54) is 6.42 Å². The van der Waals surface area contributed by atoms with Gasteiger partial charge in [-0.2, -0.15) is 0 Å². The molecule has 0 radical (unpaired) electrons. The predicted molar refractivity (Wildman–Crippen MR) is 39.2 cm³/mol. The summed E-state index contributed by atoms with van der Waals surface area (Å²) in [6, 6.07) is 0. The molecule has 1 fully saturated rings. The lowest BCUT2D eigenvalue weighted by Gasteiger charge is -1.96. The van der Waals surface area contributed by atoms with Gasteiger partial charge in [0.15, 0.2) is 0 Å². The fourth-order valence-electron chi connectivity index (χ4n) is 0.636. The third-order valence-corrected chi connectivity index (χ3v) is 4.73. The molecule has 0 bridgehead atoms. The number of rotatable bonds is 1. The van der Waals surface area contributed by atoms with Crippen molar-refractivity contribution >= 4 is 31.9 Å². The minimum Gasteiger partial charge on any atom is -0.0913 e. The van der Waals surface area contributed by atoms with E-state index in [4.69, 9.17) is 0 Å². The molecule has 0 amide bonds. The van der Waals surface area contributed by atoms with Crippen molar-refractivity contribution in [2.24, 2.45) is 5.92 Å². The molecule has 7 heavy (non-hydrogen) atoms. The molecule has 0 N–H and O–H groups in total. The average molecular weight is 228 g/mol. The third kappa shape index (κ3) is 1.02. The Morgan fingerprint density at radius 3 is 2.29 bits per heavy atom.